The van der Waals surface area contributed by atoms with E-state index >= 15 is 0 Å². The summed E-state index contributed by atoms with van der Waals surface area (Å²) in [7, 11) is 0. The molecule has 0 atom stereocenters. The van der Waals surface area contributed by atoms with Crippen LogP contribution in [0.5, 0.6) is 5.75 Å². The number of hydrogen-bond donors (Lipinski definition) is 2. The first-order chi connectivity index (χ1) is 9.52. The standard InChI is InChI=1S/C15H15FN2O2/c1-10-6-11(16)8-13(7-10)18-15(19)9-20-14-4-2-12(17)3-5-14/h2-8H,9,17H2,1H3,(H,18,19). The van der Waals surface area contributed by atoms with Crippen LogP contribution in [0.4, 0.5) is 15.8 Å². The Labute approximate surface area is 116 Å². The molecule has 2 aromatic carbocycles. The van der Waals surface area contributed by atoms with Crippen molar-refractivity contribution in [1.29, 1.82) is 0 Å². The average Bonchev–Trinajstić information content (AvgIpc) is 2.37. The van der Waals surface area contributed by atoms with Crippen LogP contribution in [-0.2, 0) is 4.79 Å². The second kappa shape index (κ2) is 6.06. The van der Waals surface area contributed by atoms with Crippen LogP contribution >= 0.6 is 0 Å². The lowest BCUT2D eigenvalue weighted by atomic mass is 10.2. The van der Waals surface area contributed by atoms with E-state index in [1.807, 2.05) is 0 Å². The number of hydrogen-bond acceptors (Lipinski definition) is 3. The van der Waals surface area contributed by atoms with Gasteiger partial charge in [-0.2, -0.15) is 0 Å². The quantitative estimate of drug-likeness (QED) is 0.842. The zero-order valence-corrected chi connectivity index (χ0v) is 11.0. The number of ether oxygens (including phenoxy) is 1. The van der Waals surface area contributed by atoms with Gasteiger partial charge in [0.05, 0.1) is 0 Å². The van der Waals surface area contributed by atoms with Gasteiger partial charge in [0.15, 0.2) is 6.61 Å². The highest BCUT2D eigenvalue weighted by molar-refractivity contribution is 5.91. The molecule has 0 aliphatic rings. The fraction of sp³-hybridized carbons (Fsp3) is 0.133. The molecular weight excluding hydrogens is 259 g/mol. The number of carbonyl (C=O) groups is 1. The Bertz CT molecular complexity index is 592. The first kappa shape index (κ1) is 13.9. The molecule has 0 aromatic heterocycles. The number of nitrogens with one attached hydrogen (secondary N) is 1. The van der Waals surface area contributed by atoms with Gasteiger partial charge in [0, 0.05) is 11.4 Å². The van der Waals surface area contributed by atoms with Crippen LogP contribution < -0.4 is 15.8 Å². The first-order valence-electron chi connectivity index (χ1n) is 6.08. The van der Waals surface area contributed by atoms with Crippen LogP contribution in [-0.4, -0.2) is 12.5 Å². The average molecular weight is 274 g/mol. The van der Waals surface area contributed by atoms with Crippen molar-refractivity contribution in [2.24, 2.45) is 0 Å². The first-order valence-corrected chi connectivity index (χ1v) is 6.08. The molecule has 0 saturated heterocycles. The molecule has 0 aliphatic heterocycles. The molecule has 0 saturated carbocycles. The third-order valence-corrected chi connectivity index (χ3v) is 2.58. The molecule has 3 N–H and O–H groups in total. The Morgan fingerprint density at radius 1 is 1.25 bits per heavy atom. The van der Waals surface area contributed by atoms with E-state index in [1.54, 1.807) is 37.3 Å². The van der Waals surface area contributed by atoms with Crippen LogP contribution in [0.1, 0.15) is 5.56 Å². The molecule has 0 radical (unpaired) electrons. The SMILES string of the molecule is Cc1cc(F)cc(NC(=O)COc2ccc(N)cc2)c1. The maximum atomic E-state index is 13.2. The van der Waals surface area contributed by atoms with E-state index < -0.39 is 0 Å². The summed E-state index contributed by atoms with van der Waals surface area (Å²) in [5.74, 6) is -0.198. The van der Waals surface area contributed by atoms with Gasteiger partial charge in [0.1, 0.15) is 11.6 Å². The number of anilines is 2. The lowest BCUT2D eigenvalue weighted by Crippen LogP contribution is -2.20. The van der Waals surface area contributed by atoms with Crippen molar-refractivity contribution in [1.82, 2.24) is 0 Å². The van der Waals surface area contributed by atoms with Gasteiger partial charge in [-0.25, -0.2) is 4.39 Å². The van der Waals surface area contributed by atoms with Crippen molar-refractivity contribution >= 4 is 17.3 Å². The van der Waals surface area contributed by atoms with E-state index in [1.165, 1.54) is 12.1 Å². The normalized spacial score (nSPS) is 10.1. The monoisotopic (exact) mass is 274 g/mol. The van der Waals surface area contributed by atoms with E-state index in [0.717, 1.165) is 5.56 Å². The van der Waals surface area contributed by atoms with Crippen LogP contribution in [0.25, 0.3) is 0 Å². The van der Waals surface area contributed by atoms with Crippen LogP contribution in [0, 0.1) is 12.7 Å². The number of halogens is 1. The Balaban J connectivity index is 1.90. The van der Waals surface area contributed by atoms with Gasteiger partial charge >= 0.3 is 0 Å². The lowest BCUT2D eigenvalue weighted by molar-refractivity contribution is -0.118. The molecule has 1 amide bonds. The summed E-state index contributed by atoms with van der Waals surface area (Å²) in [6, 6.07) is 11.1. The number of carbonyl (C=O) groups excluding carboxylic acids is 1. The highest BCUT2D eigenvalue weighted by Gasteiger charge is 2.05. The fourth-order valence-corrected chi connectivity index (χ4v) is 1.72. The number of amides is 1. The summed E-state index contributed by atoms with van der Waals surface area (Å²) >= 11 is 0. The predicted octanol–water partition coefficient (Wildman–Crippen LogP) is 2.73. The molecular formula is C15H15FN2O2. The smallest absolute Gasteiger partial charge is 0.262 e. The molecule has 2 rings (SSSR count). The van der Waals surface area contributed by atoms with Gasteiger partial charge in [0.25, 0.3) is 5.91 Å². The number of rotatable bonds is 4. The minimum absolute atomic E-state index is 0.153. The van der Waals surface area contributed by atoms with Crippen molar-refractivity contribution in [3.8, 4) is 5.75 Å². The Hall–Kier alpha value is -2.56. The Morgan fingerprint density at radius 2 is 1.95 bits per heavy atom. The molecule has 0 unspecified atom stereocenters. The Morgan fingerprint density at radius 3 is 2.60 bits per heavy atom. The zero-order valence-electron chi connectivity index (χ0n) is 11.0. The topological polar surface area (TPSA) is 64.3 Å². The minimum atomic E-state index is -0.389. The van der Waals surface area contributed by atoms with Crippen molar-refractivity contribution in [2.75, 3.05) is 17.7 Å². The highest BCUT2D eigenvalue weighted by atomic mass is 19.1. The van der Waals surface area contributed by atoms with Gasteiger partial charge in [-0.1, -0.05) is 0 Å². The second-order valence-corrected chi connectivity index (χ2v) is 4.42. The molecule has 4 nitrogen and oxygen atoms in total. The molecule has 0 aliphatic carbocycles. The van der Waals surface area contributed by atoms with Crippen LogP contribution in [0.15, 0.2) is 42.5 Å². The van der Waals surface area contributed by atoms with Crippen LogP contribution in [0.2, 0.25) is 0 Å². The molecule has 0 fully saturated rings. The second-order valence-electron chi connectivity index (χ2n) is 4.42. The van der Waals surface area contributed by atoms with E-state index in [0.29, 0.717) is 17.1 Å². The van der Waals surface area contributed by atoms with Gasteiger partial charge < -0.3 is 15.8 Å². The van der Waals surface area contributed by atoms with Crippen molar-refractivity contribution in [3.63, 3.8) is 0 Å². The van der Waals surface area contributed by atoms with Crippen molar-refractivity contribution in [2.45, 2.75) is 6.92 Å². The van der Waals surface area contributed by atoms with E-state index in [-0.39, 0.29) is 18.3 Å². The summed E-state index contributed by atoms with van der Waals surface area (Å²) in [6.07, 6.45) is 0. The molecule has 0 heterocycles. The Kier molecular flexibility index (Phi) is 4.20. The molecule has 104 valence electrons. The molecule has 2 aromatic rings. The van der Waals surface area contributed by atoms with Gasteiger partial charge in [0.2, 0.25) is 0 Å². The summed E-state index contributed by atoms with van der Waals surface area (Å²) in [6.45, 7) is 1.60. The molecule has 5 heteroatoms. The van der Waals surface area contributed by atoms with E-state index in [2.05, 4.69) is 5.32 Å². The third-order valence-electron chi connectivity index (χ3n) is 2.58. The van der Waals surface area contributed by atoms with Gasteiger partial charge in [-0.05, 0) is 55.0 Å². The largest absolute Gasteiger partial charge is 0.484 e. The summed E-state index contributed by atoms with van der Waals surface area (Å²) in [4.78, 5) is 11.7. The molecule has 0 bridgehead atoms. The summed E-state index contributed by atoms with van der Waals surface area (Å²) < 4.78 is 18.5. The van der Waals surface area contributed by atoms with Crippen LogP contribution in [0.3, 0.4) is 0 Å². The summed E-state index contributed by atoms with van der Waals surface area (Å²) in [5, 5.41) is 2.58. The number of nitrogen functional groups attached to an aromatic ring is 1. The van der Waals surface area contributed by atoms with Crippen molar-refractivity contribution in [3.05, 3.63) is 53.8 Å². The number of nitrogens with two attached hydrogens (primary N) is 1. The third kappa shape index (κ3) is 3.98. The summed E-state index contributed by atoms with van der Waals surface area (Å²) in [5.41, 5.74) is 7.31. The van der Waals surface area contributed by atoms with Gasteiger partial charge in [-0.3, -0.25) is 4.79 Å². The van der Waals surface area contributed by atoms with E-state index in [4.69, 9.17) is 10.5 Å². The maximum absolute atomic E-state index is 13.2. The zero-order chi connectivity index (χ0) is 14.5. The minimum Gasteiger partial charge on any atom is -0.484 e. The number of aryl methyl sites for hydroxylation is 1. The maximum Gasteiger partial charge on any atom is 0.262 e. The van der Waals surface area contributed by atoms with Crippen molar-refractivity contribution < 1.29 is 13.9 Å². The molecule has 0 spiro atoms. The highest BCUT2D eigenvalue weighted by Crippen LogP contribution is 2.15. The molecule has 20 heavy (non-hydrogen) atoms. The predicted molar refractivity (Wildman–Crippen MR) is 76.1 cm³/mol. The lowest BCUT2D eigenvalue weighted by Gasteiger charge is -2.08. The number of benzene rings is 2. The fourth-order valence-electron chi connectivity index (χ4n) is 1.72. The van der Waals surface area contributed by atoms with Gasteiger partial charge in [-0.15, -0.1) is 0 Å². The van der Waals surface area contributed by atoms with E-state index in [9.17, 15) is 9.18 Å².